The van der Waals surface area contributed by atoms with Gasteiger partial charge in [0.2, 0.25) is 0 Å². The molecule has 6 nitrogen and oxygen atoms in total. The van der Waals surface area contributed by atoms with Gasteiger partial charge in [-0.2, -0.15) is 0 Å². The predicted octanol–water partition coefficient (Wildman–Crippen LogP) is 2.26. The molecule has 132 valence electrons. The van der Waals surface area contributed by atoms with E-state index in [1.807, 2.05) is 31.2 Å². The van der Waals surface area contributed by atoms with Crippen LogP contribution >= 0.6 is 0 Å². The molecule has 0 radical (unpaired) electrons. The molecule has 0 aliphatic carbocycles. The molecule has 0 N–H and O–H groups in total. The summed E-state index contributed by atoms with van der Waals surface area (Å²) in [5.74, 6) is 1.20. The van der Waals surface area contributed by atoms with Crippen LogP contribution in [0.5, 0.6) is 5.75 Å². The first kappa shape index (κ1) is 17.1. The topological polar surface area (TPSA) is 63.0 Å². The second kappa shape index (κ2) is 7.42. The van der Waals surface area contributed by atoms with Crippen LogP contribution in [0.15, 0.2) is 41.0 Å². The van der Waals surface area contributed by atoms with Crippen molar-refractivity contribution in [1.29, 1.82) is 0 Å². The quantitative estimate of drug-likeness (QED) is 0.855. The van der Waals surface area contributed by atoms with Crippen LogP contribution < -0.4 is 4.74 Å². The number of furan rings is 1. The van der Waals surface area contributed by atoms with Crippen molar-refractivity contribution in [3.05, 3.63) is 53.5 Å². The first-order chi connectivity index (χ1) is 12.0. The van der Waals surface area contributed by atoms with Gasteiger partial charge in [0, 0.05) is 26.2 Å². The van der Waals surface area contributed by atoms with Gasteiger partial charge in [-0.15, -0.1) is 0 Å². The number of ether oxygens (including phenoxy) is 1. The van der Waals surface area contributed by atoms with Gasteiger partial charge in [0.25, 0.3) is 11.8 Å². The van der Waals surface area contributed by atoms with Crippen molar-refractivity contribution in [3.63, 3.8) is 0 Å². The molecule has 1 saturated heterocycles. The molecule has 1 aromatic heterocycles. The van der Waals surface area contributed by atoms with Crippen LogP contribution in [0.3, 0.4) is 0 Å². The van der Waals surface area contributed by atoms with Crippen molar-refractivity contribution < 1.29 is 18.7 Å². The lowest BCUT2D eigenvalue weighted by Gasteiger charge is -2.34. The second-order valence-electron chi connectivity index (χ2n) is 6.17. The van der Waals surface area contributed by atoms with Gasteiger partial charge in [-0.05, 0) is 37.6 Å². The molecule has 2 heterocycles. The van der Waals surface area contributed by atoms with E-state index in [1.54, 1.807) is 22.8 Å². The number of piperazine rings is 1. The highest BCUT2D eigenvalue weighted by atomic mass is 16.5. The SMILES string of the molecule is Cc1cccc(OCC(=O)N2CCN(C(=O)c3ccoc3C)CC2)c1. The Morgan fingerprint density at radius 2 is 1.80 bits per heavy atom. The van der Waals surface area contributed by atoms with Gasteiger partial charge in [0.05, 0.1) is 11.8 Å². The zero-order valence-corrected chi connectivity index (χ0v) is 14.5. The Morgan fingerprint density at radius 1 is 1.08 bits per heavy atom. The summed E-state index contributed by atoms with van der Waals surface area (Å²) in [5, 5.41) is 0. The van der Waals surface area contributed by atoms with E-state index in [-0.39, 0.29) is 18.4 Å². The van der Waals surface area contributed by atoms with Crippen molar-refractivity contribution in [1.82, 2.24) is 9.80 Å². The van der Waals surface area contributed by atoms with E-state index in [9.17, 15) is 9.59 Å². The van der Waals surface area contributed by atoms with Crippen LogP contribution in [0.2, 0.25) is 0 Å². The maximum Gasteiger partial charge on any atom is 0.260 e. The van der Waals surface area contributed by atoms with E-state index in [0.29, 0.717) is 43.3 Å². The summed E-state index contributed by atoms with van der Waals surface area (Å²) in [6.45, 7) is 5.82. The molecule has 6 heteroatoms. The van der Waals surface area contributed by atoms with Crippen LogP contribution in [0.25, 0.3) is 0 Å². The van der Waals surface area contributed by atoms with Crippen LogP contribution in [0, 0.1) is 13.8 Å². The summed E-state index contributed by atoms with van der Waals surface area (Å²) in [6.07, 6.45) is 1.52. The molecule has 0 atom stereocenters. The lowest BCUT2D eigenvalue weighted by atomic mass is 10.2. The standard InChI is InChI=1S/C19H22N2O4/c1-14-4-3-5-16(12-14)25-13-18(22)20-7-9-21(10-8-20)19(23)17-6-11-24-15(17)2/h3-6,11-12H,7-10,13H2,1-2H3. The predicted molar refractivity (Wildman–Crippen MR) is 92.6 cm³/mol. The van der Waals surface area contributed by atoms with Gasteiger partial charge in [-0.3, -0.25) is 9.59 Å². The number of rotatable bonds is 4. The molecule has 0 unspecified atom stereocenters. The van der Waals surface area contributed by atoms with E-state index in [0.717, 1.165) is 5.56 Å². The van der Waals surface area contributed by atoms with E-state index < -0.39 is 0 Å². The number of aryl methyl sites for hydroxylation is 2. The first-order valence-electron chi connectivity index (χ1n) is 8.35. The van der Waals surface area contributed by atoms with E-state index >= 15 is 0 Å². The molecule has 1 aromatic carbocycles. The maximum atomic E-state index is 12.4. The minimum atomic E-state index is -0.0619. The molecule has 0 saturated carbocycles. The molecule has 0 bridgehead atoms. The molecule has 1 aliphatic heterocycles. The molecule has 2 aromatic rings. The monoisotopic (exact) mass is 342 g/mol. The number of benzene rings is 1. The Labute approximate surface area is 147 Å². The molecule has 3 rings (SSSR count). The third-order valence-corrected chi connectivity index (χ3v) is 4.36. The molecule has 1 fully saturated rings. The Hall–Kier alpha value is -2.76. The van der Waals surface area contributed by atoms with Crippen LogP contribution in [-0.2, 0) is 4.79 Å². The number of hydrogen-bond acceptors (Lipinski definition) is 4. The molecule has 1 aliphatic rings. The summed E-state index contributed by atoms with van der Waals surface area (Å²) < 4.78 is 10.8. The van der Waals surface area contributed by atoms with E-state index in [4.69, 9.17) is 9.15 Å². The smallest absolute Gasteiger partial charge is 0.260 e. The molecule has 2 amide bonds. The fraction of sp³-hybridized carbons (Fsp3) is 0.368. The van der Waals surface area contributed by atoms with Gasteiger partial charge in [-0.1, -0.05) is 12.1 Å². The molecular formula is C19H22N2O4. The maximum absolute atomic E-state index is 12.4. The average molecular weight is 342 g/mol. The summed E-state index contributed by atoms with van der Waals surface area (Å²) in [7, 11) is 0. The Morgan fingerprint density at radius 3 is 2.44 bits per heavy atom. The molecular weight excluding hydrogens is 320 g/mol. The summed E-state index contributed by atoms with van der Waals surface area (Å²) in [4.78, 5) is 28.2. The molecule has 25 heavy (non-hydrogen) atoms. The second-order valence-corrected chi connectivity index (χ2v) is 6.17. The van der Waals surface area contributed by atoms with Gasteiger partial charge in [0.1, 0.15) is 11.5 Å². The number of hydrogen-bond donors (Lipinski definition) is 0. The minimum Gasteiger partial charge on any atom is -0.484 e. The Balaban J connectivity index is 1.49. The van der Waals surface area contributed by atoms with Crippen molar-refractivity contribution >= 4 is 11.8 Å². The van der Waals surface area contributed by atoms with Crippen LogP contribution in [0.1, 0.15) is 21.7 Å². The van der Waals surface area contributed by atoms with Gasteiger partial charge in [0.15, 0.2) is 6.61 Å². The zero-order valence-electron chi connectivity index (χ0n) is 14.5. The highest BCUT2D eigenvalue weighted by Gasteiger charge is 2.26. The third kappa shape index (κ3) is 4.02. The van der Waals surface area contributed by atoms with E-state index in [1.165, 1.54) is 6.26 Å². The zero-order chi connectivity index (χ0) is 17.8. The Bertz CT molecular complexity index is 760. The fourth-order valence-electron chi connectivity index (χ4n) is 2.88. The van der Waals surface area contributed by atoms with Crippen LogP contribution in [-0.4, -0.2) is 54.4 Å². The van der Waals surface area contributed by atoms with Crippen molar-refractivity contribution in [2.24, 2.45) is 0 Å². The fourth-order valence-corrected chi connectivity index (χ4v) is 2.88. The summed E-state index contributed by atoms with van der Waals surface area (Å²) in [5.41, 5.74) is 1.68. The summed E-state index contributed by atoms with van der Waals surface area (Å²) >= 11 is 0. The van der Waals surface area contributed by atoms with E-state index in [2.05, 4.69) is 0 Å². The lowest BCUT2D eigenvalue weighted by molar-refractivity contribution is -0.134. The van der Waals surface area contributed by atoms with Gasteiger partial charge < -0.3 is 19.0 Å². The normalized spacial score (nSPS) is 14.5. The number of nitrogens with zero attached hydrogens (tertiary/aromatic N) is 2. The Kier molecular flexibility index (Phi) is 5.07. The average Bonchev–Trinajstić information content (AvgIpc) is 3.05. The number of carbonyl (C=O) groups excluding carboxylic acids is 2. The first-order valence-corrected chi connectivity index (χ1v) is 8.35. The van der Waals surface area contributed by atoms with Gasteiger partial charge in [-0.25, -0.2) is 0 Å². The number of carbonyl (C=O) groups is 2. The summed E-state index contributed by atoms with van der Waals surface area (Å²) in [6, 6.07) is 9.30. The van der Waals surface area contributed by atoms with Gasteiger partial charge >= 0.3 is 0 Å². The minimum absolute atomic E-state index is 0.0121. The highest BCUT2D eigenvalue weighted by Crippen LogP contribution is 2.15. The molecule has 0 spiro atoms. The van der Waals surface area contributed by atoms with Crippen molar-refractivity contribution in [2.45, 2.75) is 13.8 Å². The number of amides is 2. The van der Waals surface area contributed by atoms with Crippen LogP contribution in [0.4, 0.5) is 0 Å². The highest BCUT2D eigenvalue weighted by molar-refractivity contribution is 5.95. The third-order valence-electron chi connectivity index (χ3n) is 4.36. The largest absolute Gasteiger partial charge is 0.484 e. The van der Waals surface area contributed by atoms with Crippen molar-refractivity contribution in [3.8, 4) is 5.75 Å². The lowest BCUT2D eigenvalue weighted by Crippen LogP contribution is -2.51. The van der Waals surface area contributed by atoms with Crippen molar-refractivity contribution in [2.75, 3.05) is 32.8 Å².